The first-order chi connectivity index (χ1) is 12.4. The predicted octanol–water partition coefficient (Wildman–Crippen LogP) is 4.99. The van der Waals surface area contributed by atoms with Crippen LogP contribution in [0.3, 0.4) is 0 Å². The molecule has 0 fully saturated rings. The summed E-state index contributed by atoms with van der Waals surface area (Å²) in [6.45, 7) is 1.90. The standard InChI is InChI=1S/C17H14F7N3/c1-3-12-9(2)15(16(19,20)21,17(22,23)24)10(8-25)14(26)27(12)13-7-5-4-6-11(13)18/h3-7,9H,26H2,1-2H3/b12-3+/t9-/m1/s1. The first kappa shape index (κ1) is 20.6. The zero-order valence-corrected chi connectivity index (χ0v) is 14.1. The van der Waals surface area contributed by atoms with E-state index in [4.69, 9.17) is 5.73 Å². The number of hydrogen-bond acceptors (Lipinski definition) is 3. The molecule has 0 radical (unpaired) electrons. The van der Waals surface area contributed by atoms with E-state index in [1.165, 1.54) is 19.1 Å². The van der Waals surface area contributed by atoms with Gasteiger partial charge in [0.15, 0.2) is 0 Å². The summed E-state index contributed by atoms with van der Waals surface area (Å²) in [5.41, 5.74) is -1.51. The molecular formula is C17H14F7N3. The van der Waals surface area contributed by atoms with Gasteiger partial charge in [0.2, 0.25) is 5.41 Å². The normalized spacial score (nSPS) is 22.1. The van der Waals surface area contributed by atoms with E-state index >= 15 is 0 Å². The van der Waals surface area contributed by atoms with Crippen molar-refractivity contribution in [1.29, 1.82) is 5.26 Å². The molecule has 1 aliphatic rings. The van der Waals surface area contributed by atoms with E-state index in [-0.39, 0.29) is 5.69 Å². The highest BCUT2D eigenvalue weighted by Gasteiger charge is 2.77. The summed E-state index contributed by atoms with van der Waals surface area (Å²) in [7, 11) is 0. The molecule has 0 aliphatic carbocycles. The second kappa shape index (κ2) is 6.48. The van der Waals surface area contributed by atoms with Gasteiger partial charge in [-0.25, -0.2) is 4.39 Å². The predicted molar refractivity (Wildman–Crippen MR) is 83.2 cm³/mol. The van der Waals surface area contributed by atoms with Crippen LogP contribution in [0.5, 0.6) is 0 Å². The van der Waals surface area contributed by atoms with Crippen molar-refractivity contribution >= 4 is 5.69 Å². The lowest BCUT2D eigenvalue weighted by molar-refractivity contribution is -0.337. The quantitative estimate of drug-likeness (QED) is 0.684. The van der Waals surface area contributed by atoms with Gasteiger partial charge >= 0.3 is 12.4 Å². The number of halogens is 7. The highest BCUT2D eigenvalue weighted by Crippen LogP contribution is 2.63. The zero-order chi connectivity index (χ0) is 20.8. The second-order valence-electron chi connectivity index (χ2n) is 5.90. The topological polar surface area (TPSA) is 53.1 Å². The van der Waals surface area contributed by atoms with Crippen LogP contribution < -0.4 is 10.6 Å². The van der Waals surface area contributed by atoms with Gasteiger partial charge in [-0.05, 0) is 19.1 Å². The third-order valence-corrected chi connectivity index (χ3v) is 4.64. The van der Waals surface area contributed by atoms with Gasteiger partial charge in [0.05, 0.1) is 17.3 Å². The Kier molecular flexibility index (Phi) is 4.94. The van der Waals surface area contributed by atoms with Gasteiger partial charge < -0.3 is 5.73 Å². The van der Waals surface area contributed by atoms with Crippen LogP contribution in [0, 0.1) is 28.5 Å². The number of alkyl halides is 6. The van der Waals surface area contributed by atoms with E-state index < -0.39 is 46.6 Å². The molecule has 0 aromatic heterocycles. The van der Waals surface area contributed by atoms with Crippen LogP contribution in [-0.2, 0) is 0 Å². The summed E-state index contributed by atoms with van der Waals surface area (Å²) in [4.78, 5) is 0.717. The fourth-order valence-corrected chi connectivity index (χ4v) is 3.45. The van der Waals surface area contributed by atoms with Crippen LogP contribution in [0.1, 0.15) is 13.8 Å². The lowest BCUT2D eigenvalue weighted by atomic mass is 9.65. The molecule has 1 aromatic rings. The zero-order valence-electron chi connectivity index (χ0n) is 14.1. The van der Waals surface area contributed by atoms with E-state index in [0.717, 1.165) is 24.3 Å². The number of nitrogens with two attached hydrogens (primary N) is 1. The number of allylic oxidation sites excluding steroid dienone is 3. The molecule has 0 spiro atoms. The number of rotatable bonds is 1. The molecule has 10 heteroatoms. The fourth-order valence-electron chi connectivity index (χ4n) is 3.45. The first-order valence-corrected chi connectivity index (χ1v) is 7.60. The van der Waals surface area contributed by atoms with Gasteiger partial charge in [0.25, 0.3) is 0 Å². The lowest BCUT2D eigenvalue weighted by Gasteiger charge is -2.49. The third-order valence-electron chi connectivity index (χ3n) is 4.64. The average Bonchev–Trinajstić information content (AvgIpc) is 2.54. The maximum atomic E-state index is 14.2. The molecule has 0 saturated heterocycles. The van der Waals surface area contributed by atoms with Crippen LogP contribution >= 0.6 is 0 Å². The van der Waals surface area contributed by atoms with E-state index in [2.05, 4.69) is 0 Å². The lowest BCUT2D eigenvalue weighted by Crippen LogP contribution is -2.61. The molecule has 2 N–H and O–H groups in total. The smallest absolute Gasteiger partial charge is 0.384 e. The summed E-state index contributed by atoms with van der Waals surface area (Å²) in [6.07, 6.45) is -10.7. The Morgan fingerprint density at radius 3 is 2.07 bits per heavy atom. The van der Waals surface area contributed by atoms with Crippen molar-refractivity contribution in [3.05, 3.63) is 53.2 Å². The van der Waals surface area contributed by atoms with Crippen LogP contribution in [0.2, 0.25) is 0 Å². The number of anilines is 1. The fraction of sp³-hybridized carbons (Fsp3) is 0.353. The summed E-state index contributed by atoms with van der Waals surface area (Å²) < 4.78 is 96.9. The number of hydrogen-bond donors (Lipinski definition) is 1. The molecule has 27 heavy (non-hydrogen) atoms. The van der Waals surface area contributed by atoms with Crippen LogP contribution in [0.15, 0.2) is 47.4 Å². The van der Waals surface area contributed by atoms with Crippen molar-refractivity contribution in [3.63, 3.8) is 0 Å². The molecule has 0 amide bonds. The molecule has 0 unspecified atom stereocenters. The minimum absolute atomic E-state index is 0.361. The maximum absolute atomic E-state index is 14.2. The van der Waals surface area contributed by atoms with E-state index in [9.17, 15) is 36.0 Å². The van der Waals surface area contributed by atoms with Gasteiger partial charge in [0, 0.05) is 11.6 Å². The minimum Gasteiger partial charge on any atom is -0.384 e. The maximum Gasteiger partial charge on any atom is 0.408 e. The Morgan fingerprint density at radius 2 is 1.67 bits per heavy atom. The number of nitrogens with zero attached hydrogens (tertiary/aromatic N) is 2. The molecule has 3 nitrogen and oxygen atoms in total. The number of nitriles is 1. The number of para-hydroxylation sites is 1. The molecule has 1 atom stereocenters. The van der Waals surface area contributed by atoms with Gasteiger partial charge in [-0.1, -0.05) is 25.1 Å². The SMILES string of the molecule is C/C=C1\[C@@H](C)C(C(F)(F)F)(C(F)(F)F)C(C#N)=C(N)N1c1ccccc1F. The van der Waals surface area contributed by atoms with Crippen molar-refractivity contribution in [2.45, 2.75) is 26.2 Å². The van der Waals surface area contributed by atoms with Gasteiger partial charge in [-0.3, -0.25) is 4.90 Å². The van der Waals surface area contributed by atoms with Crippen molar-refractivity contribution in [3.8, 4) is 6.07 Å². The highest BCUT2D eigenvalue weighted by atomic mass is 19.4. The van der Waals surface area contributed by atoms with Crippen molar-refractivity contribution in [2.24, 2.45) is 17.1 Å². The molecule has 1 heterocycles. The monoisotopic (exact) mass is 393 g/mol. The third kappa shape index (κ3) is 2.72. The molecular weight excluding hydrogens is 379 g/mol. The Bertz CT molecular complexity index is 829. The van der Waals surface area contributed by atoms with Crippen LogP contribution in [0.4, 0.5) is 36.4 Å². The molecule has 0 bridgehead atoms. The van der Waals surface area contributed by atoms with Crippen molar-refractivity contribution < 1.29 is 30.7 Å². The summed E-state index contributed by atoms with van der Waals surface area (Å²) >= 11 is 0. The number of benzene rings is 1. The van der Waals surface area contributed by atoms with Crippen molar-refractivity contribution in [1.82, 2.24) is 0 Å². The van der Waals surface area contributed by atoms with Crippen LogP contribution in [0.25, 0.3) is 0 Å². The Hall–Kier alpha value is -2.70. The van der Waals surface area contributed by atoms with E-state index in [0.29, 0.717) is 11.8 Å². The molecule has 2 rings (SSSR count). The Labute approximate surface area is 150 Å². The van der Waals surface area contributed by atoms with Crippen LogP contribution in [-0.4, -0.2) is 12.4 Å². The minimum atomic E-state index is -5.87. The Morgan fingerprint density at radius 1 is 1.15 bits per heavy atom. The second-order valence-corrected chi connectivity index (χ2v) is 5.90. The van der Waals surface area contributed by atoms with E-state index in [1.54, 1.807) is 0 Å². The highest BCUT2D eigenvalue weighted by molar-refractivity contribution is 5.64. The van der Waals surface area contributed by atoms with Gasteiger partial charge in [-0.2, -0.15) is 31.6 Å². The molecule has 0 saturated carbocycles. The summed E-state index contributed by atoms with van der Waals surface area (Å²) in [5, 5.41) is 9.21. The molecule has 1 aliphatic heterocycles. The van der Waals surface area contributed by atoms with Gasteiger partial charge in [-0.15, -0.1) is 0 Å². The first-order valence-electron chi connectivity index (χ1n) is 7.60. The average molecular weight is 393 g/mol. The summed E-state index contributed by atoms with van der Waals surface area (Å²) in [5.74, 6) is -4.33. The molecule has 146 valence electrons. The molecule has 1 aromatic carbocycles. The Balaban J connectivity index is 2.99. The van der Waals surface area contributed by atoms with Crippen molar-refractivity contribution in [2.75, 3.05) is 4.90 Å². The summed E-state index contributed by atoms with van der Waals surface area (Å²) in [6, 6.07) is 5.72. The van der Waals surface area contributed by atoms with Gasteiger partial charge in [0.1, 0.15) is 11.6 Å². The van der Waals surface area contributed by atoms with E-state index in [1.807, 2.05) is 0 Å². The largest absolute Gasteiger partial charge is 0.408 e.